The normalized spacial score (nSPS) is 13.2. The number of halogens is 4. The number of azo groups is 2. The van der Waals surface area contributed by atoms with Crippen LogP contribution in [-0.2, 0) is 30.4 Å². The molecule has 0 unspecified atom stereocenters. The molecule has 0 radical (unpaired) electrons. The summed E-state index contributed by atoms with van der Waals surface area (Å²) in [6, 6.07) is 20.3. The van der Waals surface area contributed by atoms with E-state index in [1.807, 2.05) is 0 Å². The maximum atomic E-state index is 12.6. The van der Waals surface area contributed by atoms with Gasteiger partial charge in [-0.3, -0.25) is 23.6 Å². The first kappa shape index (κ1) is 47.6. The summed E-state index contributed by atoms with van der Waals surface area (Å²) in [5, 5.41) is 37.4. The van der Waals surface area contributed by atoms with Gasteiger partial charge in [0.25, 0.3) is 30.4 Å². The van der Waals surface area contributed by atoms with E-state index in [1.54, 1.807) is 24.3 Å². The van der Waals surface area contributed by atoms with Gasteiger partial charge in [-0.2, -0.15) is 55.4 Å². The molecule has 7 N–H and O–H groups in total. The Morgan fingerprint density at radius 2 is 0.956 bits per heavy atom. The van der Waals surface area contributed by atoms with Gasteiger partial charge in [-0.05, 0) is 129 Å². The van der Waals surface area contributed by atoms with Crippen molar-refractivity contribution in [1.82, 2.24) is 29.9 Å². The van der Waals surface area contributed by atoms with Gasteiger partial charge in [0.15, 0.2) is 11.5 Å². The van der Waals surface area contributed by atoms with Crippen LogP contribution in [0.3, 0.4) is 0 Å². The van der Waals surface area contributed by atoms with E-state index in [4.69, 9.17) is 46.4 Å². The van der Waals surface area contributed by atoms with Crippen molar-refractivity contribution in [3.63, 3.8) is 0 Å². The number of aromatic amines is 2. The zero-order valence-corrected chi connectivity index (χ0v) is 38.5. The summed E-state index contributed by atoms with van der Waals surface area (Å²) < 4.78 is 104. The molecular weight excluding hydrogens is 1040 g/mol. The van der Waals surface area contributed by atoms with Crippen LogP contribution in [0.5, 0.6) is 11.5 Å². The number of aromatic nitrogens is 6. The first-order chi connectivity index (χ1) is 32.0. The van der Waals surface area contributed by atoms with E-state index in [-0.39, 0.29) is 71.0 Å². The molecular formula is C38H22Cl4N12O11S3. The number of aromatic hydroxyl groups is 2. The maximum Gasteiger partial charge on any atom is 0.296 e. The number of benzene rings is 6. The summed E-state index contributed by atoms with van der Waals surface area (Å²) in [5.41, 5.74) is -0.300. The predicted molar refractivity (Wildman–Crippen MR) is 244 cm³/mol. The average molecular weight is 1060 g/mol. The highest BCUT2D eigenvalue weighted by Crippen LogP contribution is 2.46. The molecule has 346 valence electrons. The number of H-pyrrole nitrogens is 2. The SMILES string of the molecule is O=S(=O)(O)c1cc(N=c2nc(Cl)nc(Cl)[nH]2)c2c(O)c(N=Nc3ccc(-c4ccc(N=Nc5c(S(=O)(=O)O)cc6ccc(N=c7nc(Cl)nc(Cl)[nH]7)cc6c5O)cc4)cc3)c(S(=O)(=O)O)cc2c1. The lowest BCUT2D eigenvalue weighted by atomic mass is 10.1. The minimum absolute atomic E-state index is 0.0195. The van der Waals surface area contributed by atoms with Crippen LogP contribution in [0.15, 0.2) is 136 Å². The summed E-state index contributed by atoms with van der Waals surface area (Å²) in [4.78, 5) is 26.1. The van der Waals surface area contributed by atoms with Crippen LogP contribution in [0.2, 0.25) is 21.1 Å². The number of rotatable bonds is 10. The summed E-state index contributed by atoms with van der Waals surface area (Å²) in [6.45, 7) is 0. The monoisotopic (exact) mass is 1060 g/mol. The van der Waals surface area contributed by atoms with E-state index in [1.165, 1.54) is 42.5 Å². The Labute approximate surface area is 400 Å². The van der Waals surface area contributed by atoms with Crippen LogP contribution in [0.1, 0.15) is 0 Å². The van der Waals surface area contributed by atoms with Gasteiger partial charge in [0.05, 0.1) is 33.0 Å². The van der Waals surface area contributed by atoms with Crippen molar-refractivity contribution in [3.05, 3.63) is 123 Å². The fourth-order valence-corrected chi connectivity index (χ4v) is 8.94. The van der Waals surface area contributed by atoms with Gasteiger partial charge in [0.2, 0.25) is 32.4 Å². The molecule has 2 aromatic heterocycles. The molecule has 68 heavy (non-hydrogen) atoms. The second-order valence-corrected chi connectivity index (χ2v) is 19.3. The fourth-order valence-electron chi connectivity index (χ4n) is 6.34. The van der Waals surface area contributed by atoms with Gasteiger partial charge in [-0.1, -0.05) is 30.3 Å². The van der Waals surface area contributed by atoms with E-state index < -0.39 is 73.6 Å². The minimum Gasteiger partial charge on any atom is -0.505 e. The Morgan fingerprint density at radius 3 is 1.44 bits per heavy atom. The van der Waals surface area contributed by atoms with Crippen LogP contribution in [-0.4, -0.2) is 79.0 Å². The van der Waals surface area contributed by atoms with Gasteiger partial charge in [0.1, 0.15) is 21.2 Å². The topological polar surface area (TPSA) is 361 Å². The summed E-state index contributed by atoms with van der Waals surface area (Å²) in [7, 11) is -15.1. The van der Waals surface area contributed by atoms with Crippen LogP contribution < -0.4 is 11.2 Å². The quantitative estimate of drug-likeness (QED) is 0.0496. The second kappa shape index (κ2) is 18.3. The lowest BCUT2D eigenvalue weighted by molar-refractivity contribution is 0.471. The molecule has 0 aliphatic carbocycles. The minimum atomic E-state index is -5.18. The van der Waals surface area contributed by atoms with E-state index in [0.29, 0.717) is 11.1 Å². The standard InChI is InChI=1S/C38H22Cl4N12O11S3/c39-33-45-34(40)48-37(47-33)43-22-10-5-18-12-26(67(60,61)62)29(31(55)24(18)14-22)53-51-20-6-1-16(2-7-20)17-3-8-21(9-4-17)52-54-30-27(68(63,64)65)13-19-11-23(66(57,58)59)15-25(28(19)32(30)56)44-38-49-35(41)46-36(42)50-38/h1-15,55-56H,(H,57,58,59)(H,60,61,62)(H,63,64,65)(H,43,45,47,48)(H,44,46,49,50). The summed E-state index contributed by atoms with van der Waals surface area (Å²) in [5.74, 6) is -1.57. The molecule has 0 aliphatic rings. The molecule has 0 fully saturated rings. The zero-order valence-electron chi connectivity index (χ0n) is 33.1. The first-order valence-corrected chi connectivity index (χ1v) is 24.1. The van der Waals surface area contributed by atoms with Gasteiger partial charge in [-0.15, -0.1) is 10.2 Å². The Hall–Kier alpha value is -6.85. The Morgan fingerprint density at radius 1 is 0.485 bits per heavy atom. The Kier molecular flexibility index (Phi) is 12.8. The molecule has 2 heterocycles. The third kappa shape index (κ3) is 10.5. The zero-order chi connectivity index (χ0) is 48.9. The number of hydrogen-bond donors (Lipinski definition) is 7. The Balaban J connectivity index is 1.09. The number of phenolic OH excluding ortho intramolecular Hbond substituents is 2. The third-order valence-electron chi connectivity index (χ3n) is 9.26. The molecule has 0 aliphatic heterocycles. The van der Waals surface area contributed by atoms with Crippen molar-refractivity contribution >= 4 is 132 Å². The third-order valence-corrected chi connectivity index (χ3v) is 12.5. The highest BCUT2D eigenvalue weighted by Gasteiger charge is 2.26. The summed E-state index contributed by atoms with van der Waals surface area (Å²) in [6.07, 6.45) is 0. The maximum absolute atomic E-state index is 12.6. The van der Waals surface area contributed by atoms with Crippen LogP contribution in [0, 0.1) is 0 Å². The van der Waals surface area contributed by atoms with Crippen LogP contribution >= 0.6 is 46.4 Å². The Bertz CT molecular complexity index is 3930. The van der Waals surface area contributed by atoms with Crippen molar-refractivity contribution in [2.24, 2.45) is 30.4 Å². The molecule has 0 spiro atoms. The number of hydrogen-bond acceptors (Lipinski definition) is 18. The second-order valence-electron chi connectivity index (χ2n) is 13.7. The average Bonchev–Trinajstić information content (AvgIpc) is 3.24. The molecule has 0 bridgehead atoms. The van der Waals surface area contributed by atoms with Crippen LogP contribution in [0.25, 0.3) is 32.7 Å². The molecule has 6 aromatic carbocycles. The van der Waals surface area contributed by atoms with Crippen molar-refractivity contribution < 1.29 is 49.1 Å². The highest BCUT2D eigenvalue weighted by atomic mass is 35.5. The lowest BCUT2D eigenvalue weighted by Gasteiger charge is -2.12. The number of phenols is 2. The molecule has 0 saturated heterocycles. The fraction of sp³-hybridized carbons (Fsp3) is 0. The number of nitrogens with zero attached hydrogens (tertiary/aromatic N) is 10. The molecule has 8 rings (SSSR count). The number of nitrogens with one attached hydrogen (secondary N) is 2. The first-order valence-electron chi connectivity index (χ1n) is 18.3. The largest absolute Gasteiger partial charge is 0.505 e. The van der Waals surface area contributed by atoms with E-state index in [9.17, 15) is 49.1 Å². The van der Waals surface area contributed by atoms with E-state index in [0.717, 1.165) is 24.3 Å². The summed E-state index contributed by atoms with van der Waals surface area (Å²) >= 11 is 23.5. The van der Waals surface area contributed by atoms with Crippen LogP contribution in [0.4, 0.5) is 34.1 Å². The van der Waals surface area contributed by atoms with Gasteiger partial charge >= 0.3 is 0 Å². The smallest absolute Gasteiger partial charge is 0.296 e. The number of fused-ring (bicyclic) bond motifs is 2. The van der Waals surface area contributed by atoms with Crippen molar-refractivity contribution in [2.75, 3.05) is 0 Å². The highest BCUT2D eigenvalue weighted by molar-refractivity contribution is 7.86. The molecule has 0 saturated carbocycles. The molecule has 0 amide bonds. The molecule has 23 nitrogen and oxygen atoms in total. The molecule has 0 atom stereocenters. The molecule has 8 aromatic rings. The van der Waals surface area contributed by atoms with Gasteiger partial charge in [0, 0.05) is 5.39 Å². The van der Waals surface area contributed by atoms with Crippen molar-refractivity contribution in [2.45, 2.75) is 14.7 Å². The van der Waals surface area contributed by atoms with Gasteiger partial charge in [-0.25, -0.2) is 9.98 Å². The van der Waals surface area contributed by atoms with Gasteiger partial charge < -0.3 is 10.2 Å². The lowest BCUT2D eigenvalue weighted by Crippen LogP contribution is -2.13. The predicted octanol–water partition coefficient (Wildman–Crippen LogP) is 8.96. The van der Waals surface area contributed by atoms with E-state index >= 15 is 0 Å². The van der Waals surface area contributed by atoms with Crippen molar-refractivity contribution in [1.29, 1.82) is 0 Å². The van der Waals surface area contributed by atoms with Crippen molar-refractivity contribution in [3.8, 4) is 22.6 Å². The van der Waals surface area contributed by atoms with E-state index in [2.05, 4.69) is 60.3 Å². The molecule has 30 heteroatoms.